The molecule has 0 heterocycles. The van der Waals surface area contributed by atoms with Crippen LogP contribution in [0.5, 0.6) is 5.75 Å². The number of carbonyl (C=O) groups is 2. The van der Waals surface area contributed by atoms with Crippen LogP contribution in [0.1, 0.15) is 39.5 Å². The number of aliphatic carboxylic acids is 1. The van der Waals surface area contributed by atoms with Crippen LogP contribution in [0.15, 0.2) is 24.3 Å². The molecule has 1 rings (SSSR count). The van der Waals surface area contributed by atoms with Crippen molar-refractivity contribution >= 4 is 23.5 Å². The molecule has 0 aliphatic rings. The maximum absolute atomic E-state index is 11.8. The molecule has 23 heavy (non-hydrogen) atoms. The number of amides is 1. The van der Waals surface area contributed by atoms with Gasteiger partial charge in [0.1, 0.15) is 5.75 Å². The Labute approximate surface area is 142 Å². The van der Waals surface area contributed by atoms with Gasteiger partial charge in [-0.2, -0.15) is 0 Å². The molecule has 1 aromatic carbocycles. The number of para-hydroxylation sites is 1. The number of benzene rings is 1. The maximum Gasteiger partial charge on any atom is 0.311 e. The molecule has 2 N–H and O–H groups in total. The summed E-state index contributed by atoms with van der Waals surface area (Å²) in [5, 5.41) is 12.6. The highest BCUT2D eigenvalue weighted by Gasteiger charge is 2.34. The van der Waals surface area contributed by atoms with Crippen molar-refractivity contribution in [2.45, 2.75) is 39.5 Å². The van der Waals surface area contributed by atoms with Crippen molar-refractivity contribution in [3.63, 3.8) is 0 Å². The number of carbonyl (C=O) groups excluding carboxylic acids is 1. The lowest BCUT2D eigenvalue weighted by molar-refractivity contribution is -0.149. The van der Waals surface area contributed by atoms with Crippen LogP contribution < -0.4 is 10.1 Å². The Morgan fingerprint density at radius 3 is 2.48 bits per heavy atom. The van der Waals surface area contributed by atoms with E-state index in [1.807, 2.05) is 26.0 Å². The first-order chi connectivity index (χ1) is 10.9. The van der Waals surface area contributed by atoms with E-state index in [-0.39, 0.29) is 18.9 Å². The highest BCUT2D eigenvalue weighted by atomic mass is 35.5. The summed E-state index contributed by atoms with van der Waals surface area (Å²) in [4.78, 5) is 23.2. The van der Waals surface area contributed by atoms with Gasteiger partial charge < -0.3 is 15.2 Å². The van der Waals surface area contributed by atoms with Crippen molar-refractivity contribution in [3.8, 4) is 5.75 Å². The fraction of sp³-hybridized carbons (Fsp3) is 0.529. The van der Waals surface area contributed by atoms with E-state index in [4.69, 9.17) is 16.3 Å². The molecule has 0 fully saturated rings. The standard InChI is InChI=1S/C17H24ClNO4/c1-3-17(4-2,16(21)22)12-19-15(20)10-7-11-23-14-9-6-5-8-13(14)18/h5-6,8-9H,3-4,7,10-12H2,1-2H3,(H,19,20)(H,21,22). The quantitative estimate of drug-likeness (QED) is 0.638. The van der Waals surface area contributed by atoms with Gasteiger partial charge in [0.25, 0.3) is 0 Å². The average Bonchev–Trinajstić information content (AvgIpc) is 2.54. The summed E-state index contributed by atoms with van der Waals surface area (Å²) in [6, 6.07) is 7.16. The molecule has 0 aliphatic carbocycles. The summed E-state index contributed by atoms with van der Waals surface area (Å²) in [6.45, 7) is 4.17. The fourth-order valence-corrected chi connectivity index (χ4v) is 2.40. The Bertz CT molecular complexity index is 529. The van der Waals surface area contributed by atoms with Crippen LogP contribution in [0.2, 0.25) is 5.02 Å². The third kappa shape index (κ3) is 5.75. The molecule has 1 amide bonds. The predicted octanol–water partition coefficient (Wildman–Crippen LogP) is 3.51. The first-order valence-electron chi connectivity index (χ1n) is 7.82. The van der Waals surface area contributed by atoms with Gasteiger partial charge in [0.15, 0.2) is 0 Å². The highest BCUT2D eigenvalue weighted by Crippen LogP contribution is 2.26. The third-order valence-electron chi connectivity index (χ3n) is 4.07. The second-order valence-corrected chi connectivity index (χ2v) is 5.86. The van der Waals surface area contributed by atoms with E-state index in [0.717, 1.165) is 0 Å². The zero-order chi connectivity index (χ0) is 17.3. The van der Waals surface area contributed by atoms with Crippen LogP contribution in [0.3, 0.4) is 0 Å². The van der Waals surface area contributed by atoms with Crippen LogP contribution in [0.4, 0.5) is 0 Å². The van der Waals surface area contributed by atoms with Crippen molar-refractivity contribution in [3.05, 3.63) is 29.3 Å². The number of halogens is 1. The van der Waals surface area contributed by atoms with E-state index in [1.54, 1.807) is 12.1 Å². The number of rotatable bonds is 10. The third-order valence-corrected chi connectivity index (χ3v) is 4.39. The lowest BCUT2D eigenvalue weighted by Gasteiger charge is -2.26. The number of carboxylic acids is 1. The SMILES string of the molecule is CCC(CC)(CNC(=O)CCCOc1ccccc1Cl)C(=O)O. The first-order valence-corrected chi connectivity index (χ1v) is 8.20. The summed E-state index contributed by atoms with van der Waals surface area (Å²) in [6.07, 6.45) is 1.78. The number of hydrogen-bond donors (Lipinski definition) is 2. The van der Waals surface area contributed by atoms with Crippen LogP contribution in [0, 0.1) is 5.41 Å². The van der Waals surface area contributed by atoms with Gasteiger partial charge in [0, 0.05) is 13.0 Å². The zero-order valence-corrected chi connectivity index (χ0v) is 14.4. The molecule has 0 bridgehead atoms. The van der Waals surface area contributed by atoms with Crippen molar-refractivity contribution in [1.82, 2.24) is 5.32 Å². The van der Waals surface area contributed by atoms with Crippen LogP contribution in [0.25, 0.3) is 0 Å². The Balaban J connectivity index is 2.32. The molecule has 1 aromatic rings. The summed E-state index contributed by atoms with van der Waals surface area (Å²) in [5.41, 5.74) is -0.885. The minimum absolute atomic E-state index is 0.152. The fourth-order valence-electron chi connectivity index (χ4n) is 2.21. The van der Waals surface area contributed by atoms with Gasteiger partial charge in [0.2, 0.25) is 5.91 Å². The average molecular weight is 342 g/mol. The normalized spacial score (nSPS) is 11.1. The molecular formula is C17H24ClNO4. The highest BCUT2D eigenvalue weighted by molar-refractivity contribution is 6.32. The number of carboxylic acid groups (broad SMARTS) is 1. The predicted molar refractivity (Wildman–Crippen MR) is 89.8 cm³/mol. The molecule has 128 valence electrons. The molecule has 0 radical (unpaired) electrons. The topological polar surface area (TPSA) is 75.6 Å². The largest absolute Gasteiger partial charge is 0.492 e. The first kappa shape index (κ1) is 19.3. The number of ether oxygens (including phenoxy) is 1. The summed E-state index contributed by atoms with van der Waals surface area (Å²) in [5.74, 6) is -0.443. The van der Waals surface area contributed by atoms with Crippen molar-refractivity contribution in [2.75, 3.05) is 13.2 Å². The van der Waals surface area contributed by atoms with Gasteiger partial charge in [-0.1, -0.05) is 37.6 Å². The van der Waals surface area contributed by atoms with Crippen LogP contribution >= 0.6 is 11.6 Å². The van der Waals surface area contributed by atoms with E-state index in [1.165, 1.54) is 0 Å². The molecule has 0 aromatic heterocycles. The van der Waals surface area contributed by atoms with E-state index < -0.39 is 11.4 Å². The molecule has 0 atom stereocenters. The van der Waals surface area contributed by atoms with Crippen LogP contribution in [-0.4, -0.2) is 30.1 Å². The maximum atomic E-state index is 11.8. The summed E-state index contributed by atoms with van der Waals surface area (Å²) in [7, 11) is 0. The lowest BCUT2D eigenvalue weighted by atomic mass is 9.82. The van der Waals surface area contributed by atoms with Crippen molar-refractivity contribution in [2.24, 2.45) is 5.41 Å². The Morgan fingerprint density at radius 1 is 1.26 bits per heavy atom. The Morgan fingerprint density at radius 2 is 1.91 bits per heavy atom. The van der Waals surface area contributed by atoms with Gasteiger partial charge in [-0.05, 0) is 31.4 Å². The number of nitrogens with one attached hydrogen (secondary N) is 1. The molecule has 0 spiro atoms. The Kier molecular flexibility index (Phi) is 7.89. The molecular weight excluding hydrogens is 318 g/mol. The van der Waals surface area contributed by atoms with Gasteiger partial charge >= 0.3 is 5.97 Å². The van der Waals surface area contributed by atoms with Crippen molar-refractivity contribution < 1.29 is 19.4 Å². The minimum atomic E-state index is -0.885. The molecule has 0 saturated heterocycles. The second kappa shape index (κ2) is 9.40. The number of hydrogen-bond acceptors (Lipinski definition) is 3. The zero-order valence-electron chi connectivity index (χ0n) is 13.6. The second-order valence-electron chi connectivity index (χ2n) is 5.45. The van der Waals surface area contributed by atoms with Gasteiger partial charge in [-0.25, -0.2) is 0 Å². The molecule has 0 aliphatic heterocycles. The Hall–Kier alpha value is -1.75. The summed E-state index contributed by atoms with van der Waals surface area (Å²) < 4.78 is 5.51. The molecule has 5 nitrogen and oxygen atoms in total. The molecule has 0 saturated carbocycles. The van der Waals surface area contributed by atoms with Crippen LogP contribution in [-0.2, 0) is 9.59 Å². The monoisotopic (exact) mass is 341 g/mol. The van der Waals surface area contributed by atoms with E-state index in [2.05, 4.69) is 5.32 Å². The van der Waals surface area contributed by atoms with E-state index in [0.29, 0.717) is 36.6 Å². The minimum Gasteiger partial charge on any atom is -0.492 e. The van der Waals surface area contributed by atoms with E-state index in [9.17, 15) is 14.7 Å². The van der Waals surface area contributed by atoms with Gasteiger partial charge in [-0.15, -0.1) is 0 Å². The van der Waals surface area contributed by atoms with Crippen molar-refractivity contribution in [1.29, 1.82) is 0 Å². The smallest absolute Gasteiger partial charge is 0.311 e. The summed E-state index contributed by atoms with van der Waals surface area (Å²) >= 11 is 5.97. The van der Waals surface area contributed by atoms with Gasteiger partial charge in [-0.3, -0.25) is 9.59 Å². The molecule has 6 heteroatoms. The lowest BCUT2D eigenvalue weighted by Crippen LogP contribution is -2.42. The molecule has 0 unspecified atom stereocenters. The van der Waals surface area contributed by atoms with E-state index >= 15 is 0 Å². The van der Waals surface area contributed by atoms with Gasteiger partial charge in [0.05, 0.1) is 17.0 Å².